The van der Waals surface area contributed by atoms with E-state index in [-0.39, 0.29) is 18.4 Å². The summed E-state index contributed by atoms with van der Waals surface area (Å²) >= 11 is 0. The summed E-state index contributed by atoms with van der Waals surface area (Å²) in [7, 11) is 0. The summed E-state index contributed by atoms with van der Waals surface area (Å²) in [5, 5.41) is 0. The zero-order valence-corrected chi connectivity index (χ0v) is 14.1. The molecule has 1 fully saturated rings. The van der Waals surface area contributed by atoms with E-state index in [4.69, 9.17) is 4.74 Å². The average Bonchev–Trinajstić information content (AvgIpc) is 3.09. The Labute approximate surface area is 148 Å². The molecular weight excluding hydrogens is 306 g/mol. The molecule has 3 aromatic carbocycles. The minimum atomic E-state index is 0.0420. The molecule has 0 amide bonds. The summed E-state index contributed by atoms with van der Waals surface area (Å²) in [6, 6.07) is 30.4. The van der Waals surface area contributed by atoms with Crippen LogP contribution in [0.2, 0.25) is 0 Å². The molecular formula is C23H21NO. The van der Waals surface area contributed by atoms with Gasteiger partial charge < -0.3 is 4.74 Å². The van der Waals surface area contributed by atoms with Gasteiger partial charge in [-0.2, -0.15) is 0 Å². The Morgan fingerprint density at radius 1 is 0.720 bits per heavy atom. The van der Waals surface area contributed by atoms with E-state index < -0.39 is 0 Å². The monoisotopic (exact) mass is 327 g/mol. The standard InChI is InChI=1S/C23H21NO/c1-3-10-18(11-4-1)21-22(19-12-5-2-6-13-19)25-23-20-14-8-7-9-17(20)15-16-24(21)23/h1-14,21-23H,15-16H2/t21-,22-,23+/m0/s1. The van der Waals surface area contributed by atoms with E-state index in [1.54, 1.807) is 0 Å². The number of benzene rings is 3. The highest BCUT2D eigenvalue weighted by Crippen LogP contribution is 2.52. The summed E-state index contributed by atoms with van der Waals surface area (Å²) in [5.41, 5.74) is 5.33. The Morgan fingerprint density at radius 2 is 1.36 bits per heavy atom. The fraction of sp³-hybridized carbons (Fsp3) is 0.217. The van der Waals surface area contributed by atoms with Gasteiger partial charge in [-0.25, -0.2) is 0 Å². The van der Waals surface area contributed by atoms with Crippen LogP contribution in [0.3, 0.4) is 0 Å². The summed E-state index contributed by atoms with van der Waals surface area (Å²) in [6.07, 6.45) is 1.18. The molecule has 2 nitrogen and oxygen atoms in total. The van der Waals surface area contributed by atoms with Gasteiger partial charge in [0.2, 0.25) is 0 Å². The van der Waals surface area contributed by atoms with Gasteiger partial charge >= 0.3 is 0 Å². The molecule has 2 heteroatoms. The van der Waals surface area contributed by atoms with Crippen LogP contribution in [0.5, 0.6) is 0 Å². The molecule has 0 saturated carbocycles. The first kappa shape index (κ1) is 14.9. The third-order valence-corrected chi connectivity index (χ3v) is 5.45. The predicted octanol–water partition coefficient (Wildman–Crippen LogP) is 5.06. The van der Waals surface area contributed by atoms with Crippen molar-refractivity contribution in [3.63, 3.8) is 0 Å². The zero-order valence-electron chi connectivity index (χ0n) is 14.1. The van der Waals surface area contributed by atoms with Crippen molar-refractivity contribution in [1.82, 2.24) is 4.90 Å². The SMILES string of the molecule is c1ccc([C@@H]2O[C@@H]3c4ccccc4CCN3[C@H]2c2ccccc2)cc1. The van der Waals surface area contributed by atoms with Crippen molar-refractivity contribution in [2.24, 2.45) is 0 Å². The lowest BCUT2D eigenvalue weighted by atomic mass is 9.93. The van der Waals surface area contributed by atoms with Crippen LogP contribution in [0, 0.1) is 0 Å². The summed E-state index contributed by atoms with van der Waals surface area (Å²) in [6.45, 7) is 1.03. The van der Waals surface area contributed by atoms with Crippen molar-refractivity contribution in [3.05, 3.63) is 107 Å². The minimum absolute atomic E-state index is 0.0420. The highest BCUT2D eigenvalue weighted by molar-refractivity contribution is 5.35. The highest BCUT2D eigenvalue weighted by atomic mass is 16.5. The van der Waals surface area contributed by atoms with Crippen LogP contribution >= 0.6 is 0 Å². The third-order valence-electron chi connectivity index (χ3n) is 5.45. The Bertz CT molecular complexity index is 862. The van der Waals surface area contributed by atoms with Crippen molar-refractivity contribution in [1.29, 1.82) is 0 Å². The molecule has 2 aliphatic rings. The largest absolute Gasteiger partial charge is 0.349 e. The molecule has 124 valence electrons. The van der Waals surface area contributed by atoms with Gasteiger partial charge in [0.1, 0.15) is 12.3 Å². The van der Waals surface area contributed by atoms with Gasteiger partial charge in [0.25, 0.3) is 0 Å². The molecule has 0 spiro atoms. The van der Waals surface area contributed by atoms with Gasteiger partial charge in [-0.1, -0.05) is 84.9 Å². The van der Waals surface area contributed by atoms with E-state index >= 15 is 0 Å². The van der Waals surface area contributed by atoms with Gasteiger partial charge in [0, 0.05) is 6.54 Å². The van der Waals surface area contributed by atoms with E-state index in [2.05, 4.69) is 89.8 Å². The summed E-state index contributed by atoms with van der Waals surface area (Å²) in [4.78, 5) is 2.54. The molecule has 0 bridgehead atoms. The summed E-state index contributed by atoms with van der Waals surface area (Å²) in [5.74, 6) is 0. The van der Waals surface area contributed by atoms with Crippen molar-refractivity contribution in [2.45, 2.75) is 24.8 Å². The van der Waals surface area contributed by atoms with Crippen molar-refractivity contribution in [3.8, 4) is 0 Å². The third kappa shape index (κ3) is 2.50. The molecule has 3 atom stereocenters. The second-order valence-electron chi connectivity index (χ2n) is 6.86. The lowest BCUT2D eigenvalue weighted by molar-refractivity contribution is -0.00778. The molecule has 0 aliphatic carbocycles. The van der Waals surface area contributed by atoms with Crippen LogP contribution in [0.4, 0.5) is 0 Å². The van der Waals surface area contributed by atoms with Crippen molar-refractivity contribution < 1.29 is 4.74 Å². The normalized spacial score (nSPS) is 25.4. The number of hydrogen-bond acceptors (Lipinski definition) is 2. The van der Waals surface area contributed by atoms with E-state index in [0.717, 1.165) is 13.0 Å². The maximum atomic E-state index is 6.67. The van der Waals surface area contributed by atoms with Crippen LogP contribution in [-0.4, -0.2) is 11.4 Å². The van der Waals surface area contributed by atoms with Crippen LogP contribution < -0.4 is 0 Å². The Balaban J connectivity index is 1.62. The fourth-order valence-electron chi connectivity index (χ4n) is 4.29. The van der Waals surface area contributed by atoms with E-state index in [0.29, 0.717) is 0 Å². The quantitative estimate of drug-likeness (QED) is 0.652. The molecule has 3 aromatic rings. The molecule has 0 N–H and O–H groups in total. The summed E-state index contributed by atoms with van der Waals surface area (Å²) < 4.78 is 6.67. The maximum absolute atomic E-state index is 6.67. The van der Waals surface area contributed by atoms with Crippen LogP contribution in [0.15, 0.2) is 84.9 Å². The van der Waals surface area contributed by atoms with Crippen LogP contribution in [0.1, 0.15) is 40.6 Å². The van der Waals surface area contributed by atoms with Crippen LogP contribution in [-0.2, 0) is 11.2 Å². The van der Waals surface area contributed by atoms with Crippen molar-refractivity contribution >= 4 is 0 Å². The minimum Gasteiger partial charge on any atom is -0.349 e. The number of ether oxygens (including phenoxy) is 1. The lowest BCUT2D eigenvalue weighted by Gasteiger charge is -2.34. The first-order chi connectivity index (χ1) is 12.4. The van der Waals surface area contributed by atoms with Gasteiger partial charge in [0.05, 0.1) is 6.04 Å². The smallest absolute Gasteiger partial charge is 0.138 e. The molecule has 1 saturated heterocycles. The number of fused-ring (bicyclic) bond motifs is 3. The number of hydrogen-bond donors (Lipinski definition) is 0. The van der Waals surface area contributed by atoms with Gasteiger partial charge in [-0.05, 0) is 28.7 Å². The van der Waals surface area contributed by atoms with Crippen LogP contribution in [0.25, 0.3) is 0 Å². The molecule has 25 heavy (non-hydrogen) atoms. The maximum Gasteiger partial charge on any atom is 0.138 e. The molecule has 2 aliphatic heterocycles. The highest BCUT2D eigenvalue weighted by Gasteiger charge is 2.46. The lowest BCUT2D eigenvalue weighted by Crippen LogP contribution is -2.33. The topological polar surface area (TPSA) is 12.5 Å². The molecule has 2 heterocycles. The fourth-order valence-corrected chi connectivity index (χ4v) is 4.29. The van der Waals surface area contributed by atoms with E-state index in [1.807, 2.05) is 0 Å². The second kappa shape index (κ2) is 6.14. The van der Waals surface area contributed by atoms with Gasteiger partial charge in [-0.15, -0.1) is 0 Å². The second-order valence-corrected chi connectivity index (χ2v) is 6.86. The predicted molar refractivity (Wildman–Crippen MR) is 99.0 cm³/mol. The number of nitrogens with zero attached hydrogens (tertiary/aromatic N) is 1. The molecule has 0 radical (unpaired) electrons. The number of rotatable bonds is 2. The Morgan fingerprint density at radius 3 is 2.12 bits per heavy atom. The van der Waals surface area contributed by atoms with E-state index in [9.17, 15) is 0 Å². The van der Waals surface area contributed by atoms with Gasteiger partial charge in [-0.3, -0.25) is 4.90 Å². The molecule has 5 rings (SSSR count). The Hall–Kier alpha value is -2.42. The molecule has 0 unspecified atom stereocenters. The first-order valence-electron chi connectivity index (χ1n) is 9.01. The zero-order chi connectivity index (χ0) is 16.6. The van der Waals surface area contributed by atoms with Gasteiger partial charge in [0.15, 0.2) is 0 Å². The van der Waals surface area contributed by atoms with Crippen molar-refractivity contribution in [2.75, 3.05) is 6.54 Å². The first-order valence-corrected chi connectivity index (χ1v) is 9.01. The molecule has 0 aromatic heterocycles. The average molecular weight is 327 g/mol. The Kier molecular flexibility index (Phi) is 3.66. The van der Waals surface area contributed by atoms with E-state index in [1.165, 1.54) is 22.3 Å².